The van der Waals surface area contributed by atoms with E-state index in [4.69, 9.17) is 10.5 Å². The van der Waals surface area contributed by atoms with Crippen molar-refractivity contribution in [3.63, 3.8) is 0 Å². The van der Waals surface area contributed by atoms with Crippen molar-refractivity contribution in [2.75, 3.05) is 0 Å². The Morgan fingerprint density at radius 2 is 1.93 bits per heavy atom. The molecular weight excluding hydrogens is 192 g/mol. The van der Waals surface area contributed by atoms with Gasteiger partial charge in [-0.25, -0.2) is 9.55 Å². The zero-order valence-electron chi connectivity index (χ0n) is 8.00. The van der Waals surface area contributed by atoms with Gasteiger partial charge in [-0.05, 0) is 0 Å². The maximum absolute atomic E-state index is 12.0. The van der Waals surface area contributed by atoms with E-state index in [0.717, 1.165) is 0 Å². The van der Waals surface area contributed by atoms with Crippen molar-refractivity contribution in [2.45, 2.75) is 6.30 Å². The van der Waals surface area contributed by atoms with Crippen molar-refractivity contribution in [3.8, 4) is 12.1 Å². The molecule has 0 amide bonds. The zero-order valence-corrected chi connectivity index (χ0v) is 7.00. The zero-order chi connectivity index (χ0) is 10.1. The summed E-state index contributed by atoms with van der Waals surface area (Å²) in [6, 6.07) is 2.64. The van der Waals surface area contributed by atoms with Crippen LogP contribution in [0.4, 0.5) is 13.2 Å². The summed E-state index contributed by atoms with van der Waals surface area (Å²) in [4.78, 5) is 3.13. The van der Waals surface area contributed by atoms with Crippen LogP contribution in [0.15, 0.2) is 6.33 Å². The van der Waals surface area contributed by atoms with Crippen molar-refractivity contribution in [2.24, 2.45) is 0 Å². The van der Waals surface area contributed by atoms with Gasteiger partial charge in [0.2, 0.25) is 0 Å². The minimum Gasteiger partial charge on any atom is -1.00 e. The summed E-state index contributed by atoms with van der Waals surface area (Å²) in [6.45, 7) is 0. The fourth-order valence-electron chi connectivity index (χ4n) is 0.729. The van der Waals surface area contributed by atoms with Crippen LogP contribution in [0.5, 0.6) is 0 Å². The quantitative estimate of drug-likeness (QED) is 0.458. The number of imidazole rings is 1. The molecule has 1 rings (SSSR count). The molecule has 0 aliphatic carbocycles. The van der Waals surface area contributed by atoms with Crippen LogP contribution in [0.3, 0.4) is 0 Å². The molecule has 0 radical (unpaired) electrons. The Kier molecular flexibility index (Phi) is 3.77. The molecule has 0 atom stereocenters. The predicted molar refractivity (Wildman–Crippen MR) is 34.1 cm³/mol. The molecular formula is C6H2F3LiN4. The van der Waals surface area contributed by atoms with Crippen molar-refractivity contribution >= 4 is 0 Å². The van der Waals surface area contributed by atoms with E-state index < -0.39 is 17.7 Å². The van der Waals surface area contributed by atoms with Crippen LogP contribution < -0.4 is 18.9 Å². The normalized spacial score (nSPS) is 9.79. The summed E-state index contributed by atoms with van der Waals surface area (Å²) in [7, 11) is 0. The summed E-state index contributed by atoms with van der Waals surface area (Å²) in [6.07, 6.45) is -4.32. The number of alkyl halides is 3. The minimum atomic E-state index is -4.72. The van der Waals surface area contributed by atoms with Gasteiger partial charge in [-0.1, -0.05) is 0 Å². The molecule has 8 heteroatoms. The van der Waals surface area contributed by atoms with Crippen LogP contribution in [-0.2, 0) is 6.30 Å². The summed E-state index contributed by atoms with van der Waals surface area (Å²) < 4.78 is 35.8. The standard InChI is InChI=1S/C6HF3N4.Li.H/c7-6(8,9)13-3-12-4(1-10)5(13)2-11;;/h3H;;/q;+1;-1. The van der Waals surface area contributed by atoms with Crippen LogP contribution in [0, 0.1) is 22.7 Å². The van der Waals surface area contributed by atoms with Gasteiger partial charge in [0.15, 0.2) is 11.4 Å². The van der Waals surface area contributed by atoms with Gasteiger partial charge in [0.25, 0.3) is 0 Å². The Bertz CT molecular complexity index is 413. The largest absolute Gasteiger partial charge is 1.00 e. The predicted octanol–water partition coefficient (Wildman–Crippen LogP) is -1.78. The molecule has 0 fully saturated rings. The fraction of sp³-hybridized carbons (Fsp3) is 0.167. The van der Waals surface area contributed by atoms with Crippen LogP contribution in [0.1, 0.15) is 12.8 Å². The second-order valence-corrected chi connectivity index (χ2v) is 2.00. The van der Waals surface area contributed by atoms with Gasteiger partial charge in [-0.3, -0.25) is 0 Å². The van der Waals surface area contributed by atoms with Gasteiger partial charge in [-0.2, -0.15) is 10.5 Å². The molecule has 0 aliphatic heterocycles. The molecule has 0 N–H and O–H groups in total. The SMILES string of the molecule is N#Cc1ncn(C(F)(F)F)c1C#N.[H-].[Li+]. The molecule has 0 saturated carbocycles. The summed E-state index contributed by atoms with van der Waals surface area (Å²) in [5.74, 6) is 0. The molecule has 68 valence electrons. The average Bonchev–Trinajstić information content (AvgIpc) is 2.45. The van der Waals surface area contributed by atoms with Crippen molar-refractivity contribution < 1.29 is 33.5 Å². The molecule has 0 saturated heterocycles. The Morgan fingerprint density at radius 3 is 2.29 bits per heavy atom. The van der Waals surface area contributed by atoms with E-state index >= 15 is 0 Å². The average molecular weight is 194 g/mol. The van der Waals surface area contributed by atoms with Gasteiger partial charge in [0, 0.05) is 0 Å². The topological polar surface area (TPSA) is 65.4 Å². The first-order chi connectivity index (χ1) is 6.00. The Morgan fingerprint density at radius 1 is 1.36 bits per heavy atom. The Labute approximate surface area is 90.2 Å². The first-order valence-corrected chi connectivity index (χ1v) is 2.95. The first-order valence-electron chi connectivity index (χ1n) is 2.95. The molecule has 0 aliphatic rings. The summed E-state index contributed by atoms with van der Waals surface area (Å²) >= 11 is 0. The molecule has 1 aromatic heterocycles. The second-order valence-electron chi connectivity index (χ2n) is 2.00. The number of nitriles is 2. The molecule has 0 unspecified atom stereocenters. The van der Waals surface area contributed by atoms with Gasteiger partial charge in [0.05, 0.1) is 0 Å². The number of hydrogen-bond acceptors (Lipinski definition) is 3. The number of nitrogens with zero attached hydrogens (tertiary/aromatic N) is 4. The second kappa shape index (κ2) is 4.19. The van der Waals surface area contributed by atoms with E-state index in [1.54, 1.807) is 0 Å². The van der Waals surface area contributed by atoms with E-state index in [1.807, 2.05) is 0 Å². The van der Waals surface area contributed by atoms with Crippen LogP contribution >= 0.6 is 0 Å². The Hall–Kier alpha value is -1.42. The van der Waals surface area contributed by atoms with E-state index in [2.05, 4.69) is 4.98 Å². The number of aromatic nitrogens is 2. The third-order valence-corrected chi connectivity index (χ3v) is 1.25. The van der Waals surface area contributed by atoms with E-state index in [-0.39, 0.29) is 24.9 Å². The molecule has 1 heterocycles. The third-order valence-electron chi connectivity index (χ3n) is 1.25. The molecule has 4 nitrogen and oxygen atoms in total. The van der Waals surface area contributed by atoms with Crippen molar-refractivity contribution in [1.29, 1.82) is 10.5 Å². The smallest absolute Gasteiger partial charge is 1.00 e. The van der Waals surface area contributed by atoms with Crippen LogP contribution in [0.25, 0.3) is 0 Å². The molecule has 0 bridgehead atoms. The summed E-state index contributed by atoms with van der Waals surface area (Å²) in [5, 5.41) is 16.6. The number of halogens is 3. The fourth-order valence-corrected chi connectivity index (χ4v) is 0.729. The van der Waals surface area contributed by atoms with Gasteiger partial charge in [0.1, 0.15) is 18.5 Å². The van der Waals surface area contributed by atoms with E-state index in [0.29, 0.717) is 6.33 Å². The molecule has 14 heavy (non-hydrogen) atoms. The Balaban J connectivity index is 0. The van der Waals surface area contributed by atoms with Gasteiger partial charge < -0.3 is 1.43 Å². The van der Waals surface area contributed by atoms with Crippen LogP contribution in [-0.4, -0.2) is 9.55 Å². The van der Waals surface area contributed by atoms with Crippen molar-refractivity contribution in [1.82, 2.24) is 9.55 Å². The van der Waals surface area contributed by atoms with Crippen molar-refractivity contribution in [3.05, 3.63) is 17.7 Å². The maximum atomic E-state index is 12.0. The van der Waals surface area contributed by atoms with Crippen LogP contribution in [0.2, 0.25) is 0 Å². The van der Waals surface area contributed by atoms with E-state index in [9.17, 15) is 13.2 Å². The molecule has 0 aromatic carbocycles. The molecule has 1 aromatic rings. The van der Waals surface area contributed by atoms with Gasteiger partial charge in [-0.15, -0.1) is 13.2 Å². The van der Waals surface area contributed by atoms with E-state index in [1.165, 1.54) is 12.1 Å². The first kappa shape index (κ1) is 12.6. The number of rotatable bonds is 0. The number of hydrogen-bond donors (Lipinski definition) is 0. The maximum Gasteiger partial charge on any atom is 1.00 e. The molecule has 0 spiro atoms. The third kappa shape index (κ3) is 2.08. The van der Waals surface area contributed by atoms with Gasteiger partial charge >= 0.3 is 25.2 Å². The minimum absolute atomic E-state index is 0. The monoisotopic (exact) mass is 194 g/mol. The summed E-state index contributed by atoms with van der Waals surface area (Å²) in [5.41, 5.74) is -1.32.